The molecule has 1 atom stereocenters. The number of rotatable bonds is 7. The Kier molecular flexibility index (Phi) is 7.30. The summed E-state index contributed by atoms with van der Waals surface area (Å²) in [6.45, 7) is 9.90. The average Bonchev–Trinajstić information content (AvgIpc) is 2.43. The minimum absolute atomic E-state index is 0.0177. The SMILES string of the molecule is CCC(C)NC(=O)N(CCOC)CC1(C)CCOCC1. The molecule has 118 valence electrons. The lowest BCUT2D eigenvalue weighted by molar-refractivity contribution is 0.00790. The molecule has 0 aromatic rings. The summed E-state index contributed by atoms with van der Waals surface area (Å²) in [6.07, 6.45) is 2.95. The molecule has 5 heteroatoms. The van der Waals surface area contributed by atoms with E-state index >= 15 is 0 Å². The van der Waals surface area contributed by atoms with E-state index < -0.39 is 0 Å². The number of methoxy groups -OCH3 is 1. The molecule has 1 fully saturated rings. The van der Waals surface area contributed by atoms with Crippen LogP contribution in [0.15, 0.2) is 0 Å². The van der Waals surface area contributed by atoms with Crippen LogP contribution in [-0.2, 0) is 9.47 Å². The van der Waals surface area contributed by atoms with Crippen LogP contribution in [0, 0.1) is 5.41 Å². The molecule has 1 heterocycles. The molecule has 0 bridgehead atoms. The molecule has 0 saturated carbocycles. The van der Waals surface area contributed by atoms with E-state index in [1.807, 2.05) is 11.8 Å². The van der Waals surface area contributed by atoms with Crippen molar-refractivity contribution in [2.75, 3.05) is 40.0 Å². The van der Waals surface area contributed by atoms with Gasteiger partial charge in [0.05, 0.1) is 6.61 Å². The summed E-state index contributed by atoms with van der Waals surface area (Å²) in [4.78, 5) is 14.3. The fourth-order valence-corrected chi connectivity index (χ4v) is 2.34. The maximum Gasteiger partial charge on any atom is 0.317 e. The summed E-state index contributed by atoms with van der Waals surface area (Å²) < 4.78 is 10.6. The Balaban J connectivity index is 2.60. The molecule has 0 aromatic heterocycles. The van der Waals surface area contributed by atoms with E-state index in [2.05, 4.69) is 19.2 Å². The molecule has 0 radical (unpaired) electrons. The van der Waals surface area contributed by atoms with Gasteiger partial charge in [-0.3, -0.25) is 0 Å². The predicted octanol–water partition coefficient (Wildman–Crippen LogP) is 2.26. The highest BCUT2D eigenvalue weighted by Crippen LogP contribution is 2.30. The number of nitrogens with one attached hydrogen (secondary N) is 1. The number of carbonyl (C=O) groups excluding carboxylic acids is 1. The van der Waals surface area contributed by atoms with Crippen LogP contribution in [0.4, 0.5) is 4.79 Å². The van der Waals surface area contributed by atoms with Crippen molar-refractivity contribution in [3.8, 4) is 0 Å². The summed E-state index contributed by atoms with van der Waals surface area (Å²) >= 11 is 0. The first-order valence-electron chi connectivity index (χ1n) is 7.63. The van der Waals surface area contributed by atoms with Crippen molar-refractivity contribution in [3.63, 3.8) is 0 Å². The van der Waals surface area contributed by atoms with Crippen LogP contribution >= 0.6 is 0 Å². The van der Waals surface area contributed by atoms with Gasteiger partial charge < -0.3 is 19.7 Å². The largest absolute Gasteiger partial charge is 0.383 e. The first-order chi connectivity index (χ1) is 9.50. The molecule has 20 heavy (non-hydrogen) atoms. The Morgan fingerprint density at radius 2 is 2.10 bits per heavy atom. The van der Waals surface area contributed by atoms with E-state index in [0.717, 1.165) is 39.0 Å². The third kappa shape index (κ3) is 5.67. The van der Waals surface area contributed by atoms with Gasteiger partial charge in [0.15, 0.2) is 0 Å². The second-order valence-corrected chi connectivity index (χ2v) is 6.10. The molecule has 1 aliphatic rings. The molecule has 1 saturated heterocycles. The van der Waals surface area contributed by atoms with Gasteiger partial charge >= 0.3 is 6.03 Å². The topological polar surface area (TPSA) is 50.8 Å². The Morgan fingerprint density at radius 1 is 1.45 bits per heavy atom. The molecule has 0 spiro atoms. The molecule has 2 amide bonds. The number of urea groups is 1. The van der Waals surface area contributed by atoms with Gasteiger partial charge in [-0.25, -0.2) is 4.79 Å². The Bertz CT molecular complexity index is 291. The normalized spacial score (nSPS) is 19.4. The van der Waals surface area contributed by atoms with Crippen molar-refractivity contribution in [1.82, 2.24) is 10.2 Å². The van der Waals surface area contributed by atoms with Crippen LogP contribution in [0.5, 0.6) is 0 Å². The van der Waals surface area contributed by atoms with E-state index in [0.29, 0.717) is 13.2 Å². The lowest BCUT2D eigenvalue weighted by atomic mass is 9.82. The summed E-state index contributed by atoms with van der Waals surface area (Å²) in [7, 11) is 1.67. The molecule has 1 aliphatic heterocycles. The summed E-state index contributed by atoms with van der Waals surface area (Å²) in [5.41, 5.74) is 0.152. The molecular formula is C15H30N2O3. The number of ether oxygens (including phenoxy) is 2. The van der Waals surface area contributed by atoms with Gasteiger partial charge in [0.2, 0.25) is 0 Å². The molecule has 1 N–H and O–H groups in total. The highest BCUT2D eigenvalue weighted by atomic mass is 16.5. The number of hydrogen-bond donors (Lipinski definition) is 1. The maximum atomic E-state index is 12.4. The highest BCUT2D eigenvalue weighted by molar-refractivity contribution is 5.74. The third-order valence-electron chi connectivity index (χ3n) is 4.11. The van der Waals surface area contributed by atoms with Crippen LogP contribution in [-0.4, -0.2) is 57.0 Å². The van der Waals surface area contributed by atoms with Crippen molar-refractivity contribution in [2.24, 2.45) is 5.41 Å². The van der Waals surface area contributed by atoms with Crippen molar-refractivity contribution in [3.05, 3.63) is 0 Å². The zero-order valence-corrected chi connectivity index (χ0v) is 13.4. The van der Waals surface area contributed by atoms with E-state index in [1.165, 1.54) is 0 Å². The summed E-state index contributed by atoms with van der Waals surface area (Å²) in [6, 6.07) is 0.221. The fraction of sp³-hybridized carbons (Fsp3) is 0.933. The van der Waals surface area contributed by atoms with Crippen LogP contribution in [0.2, 0.25) is 0 Å². The van der Waals surface area contributed by atoms with Gasteiger partial charge in [-0.1, -0.05) is 13.8 Å². The number of hydrogen-bond acceptors (Lipinski definition) is 3. The van der Waals surface area contributed by atoms with E-state index in [1.54, 1.807) is 7.11 Å². The standard InChI is InChI=1S/C15H30N2O3/c1-5-13(2)16-14(18)17(8-11-19-4)12-15(3)6-9-20-10-7-15/h13H,5-12H2,1-4H3,(H,16,18). The zero-order chi connectivity index (χ0) is 15.0. The Hall–Kier alpha value is -0.810. The van der Waals surface area contributed by atoms with E-state index in [9.17, 15) is 4.79 Å². The molecule has 1 unspecified atom stereocenters. The van der Waals surface area contributed by atoms with Gasteiger partial charge in [-0.2, -0.15) is 0 Å². The number of nitrogens with zero attached hydrogens (tertiary/aromatic N) is 1. The van der Waals surface area contributed by atoms with Crippen molar-refractivity contribution < 1.29 is 14.3 Å². The van der Waals surface area contributed by atoms with Gasteiger partial charge in [0.1, 0.15) is 0 Å². The van der Waals surface area contributed by atoms with Gasteiger partial charge in [0.25, 0.3) is 0 Å². The maximum absolute atomic E-state index is 12.4. The molecule has 1 rings (SSSR count). The first-order valence-corrected chi connectivity index (χ1v) is 7.63. The molecular weight excluding hydrogens is 256 g/mol. The fourth-order valence-electron chi connectivity index (χ4n) is 2.34. The van der Waals surface area contributed by atoms with Crippen LogP contribution in [0.25, 0.3) is 0 Å². The Labute approximate surface area is 123 Å². The second kappa shape index (κ2) is 8.47. The van der Waals surface area contributed by atoms with Crippen LogP contribution in [0.1, 0.15) is 40.0 Å². The Morgan fingerprint density at radius 3 is 2.65 bits per heavy atom. The van der Waals surface area contributed by atoms with Crippen LogP contribution in [0.3, 0.4) is 0 Å². The second-order valence-electron chi connectivity index (χ2n) is 6.10. The summed E-state index contributed by atoms with van der Waals surface area (Å²) in [5.74, 6) is 0. The van der Waals surface area contributed by atoms with Crippen molar-refractivity contribution in [1.29, 1.82) is 0 Å². The zero-order valence-electron chi connectivity index (χ0n) is 13.4. The van der Waals surface area contributed by atoms with Gasteiger partial charge in [-0.05, 0) is 31.6 Å². The highest BCUT2D eigenvalue weighted by Gasteiger charge is 2.31. The lowest BCUT2D eigenvalue weighted by Gasteiger charge is -2.38. The molecule has 0 aliphatic carbocycles. The first kappa shape index (κ1) is 17.2. The van der Waals surface area contributed by atoms with Crippen LogP contribution < -0.4 is 5.32 Å². The van der Waals surface area contributed by atoms with Gasteiger partial charge in [-0.15, -0.1) is 0 Å². The summed E-state index contributed by atoms with van der Waals surface area (Å²) in [5, 5.41) is 3.05. The van der Waals surface area contributed by atoms with E-state index in [4.69, 9.17) is 9.47 Å². The quantitative estimate of drug-likeness (QED) is 0.781. The minimum Gasteiger partial charge on any atom is -0.383 e. The third-order valence-corrected chi connectivity index (χ3v) is 4.11. The lowest BCUT2D eigenvalue weighted by Crippen LogP contribution is -2.49. The van der Waals surface area contributed by atoms with E-state index in [-0.39, 0.29) is 17.5 Å². The van der Waals surface area contributed by atoms with Crippen molar-refractivity contribution >= 4 is 6.03 Å². The predicted molar refractivity (Wildman–Crippen MR) is 79.9 cm³/mol. The minimum atomic E-state index is 0.0177. The van der Waals surface area contributed by atoms with Gasteiger partial charge in [0, 0.05) is 39.5 Å². The molecule has 0 aromatic carbocycles. The smallest absolute Gasteiger partial charge is 0.317 e. The van der Waals surface area contributed by atoms with Crippen molar-refractivity contribution in [2.45, 2.75) is 46.1 Å². The monoisotopic (exact) mass is 286 g/mol. The number of amides is 2. The number of carbonyl (C=O) groups is 1. The average molecular weight is 286 g/mol. The molecule has 5 nitrogen and oxygen atoms in total.